The molecule has 0 aliphatic heterocycles. The van der Waals surface area contributed by atoms with Crippen molar-refractivity contribution in [1.82, 2.24) is 4.98 Å². The van der Waals surface area contributed by atoms with E-state index in [0.717, 1.165) is 11.1 Å². The zero-order valence-corrected chi connectivity index (χ0v) is 14.7. The van der Waals surface area contributed by atoms with Gasteiger partial charge in [-0.1, -0.05) is 35.4 Å². The first kappa shape index (κ1) is 16.4. The molecule has 1 amide bonds. The molecule has 4 nitrogen and oxygen atoms in total. The molecule has 0 spiro atoms. The maximum absolute atomic E-state index is 12.4. The van der Waals surface area contributed by atoms with Crippen LogP contribution in [0.3, 0.4) is 0 Å². The summed E-state index contributed by atoms with van der Waals surface area (Å²) < 4.78 is 5.78. The van der Waals surface area contributed by atoms with Gasteiger partial charge in [0.15, 0.2) is 5.58 Å². The highest BCUT2D eigenvalue weighted by molar-refractivity contribution is 6.30. The Morgan fingerprint density at radius 3 is 2.62 bits per heavy atom. The van der Waals surface area contributed by atoms with E-state index in [2.05, 4.69) is 10.3 Å². The fourth-order valence-electron chi connectivity index (χ4n) is 2.66. The van der Waals surface area contributed by atoms with E-state index in [9.17, 15) is 4.79 Å². The second-order valence-electron chi connectivity index (χ2n) is 6.03. The number of carbonyl (C=O) groups excluding carboxylic acids is 1. The molecule has 0 bridgehead atoms. The number of aromatic nitrogens is 1. The number of hydrogen-bond donors (Lipinski definition) is 1. The second-order valence-corrected chi connectivity index (χ2v) is 6.47. The summed E-state index contributed by atoms with van der Waals surface area (Å²) in [5.41, 5.74) is 4.50. The Hall–Kier alpha value is -3.11. The molecule has 0 unspecified atom stereocenters. The van der Waals surface area contributed by atoms with E-state index in [1.165, 1.54) is 0 Å². The van der Waals surface area contributed by atoms with Gasteiger partial charge in [-0.2, -0.15) is 0 Å². The number of nitrogens with zero attached hydrogens (tertiary/aromatic N) is 1. The molecule has 1 N–H and O–H groups in total. The van der Waals surface area contributed by atoms with Crippen molar-refractivity contribution in [1.29, 1.82) is 0 Å². The lowest BCUT2D eigenvalue weighted by Gasteiger charge is -2.05. The van der Waals surface area contributed by atoms with Gasteiger partial charge in [-0.25, -0.2) is 4.98 Å². The van der Waals surface area contributed by atoms with E-state index in [0.29, 0.717) is 33.3 Å². The van der Waals surface area contributed by atoms with Gasteiger partial charge in [0.2, 0.25) is 5.89 Å². The first-order chi connectivity index (χ1) is 12.6. The van der Waals surface area contributed by atoms with Gasteiger partial charge in [-0.15, -0.1) is 0 Å². The van der Waals surface area contributed by atoms with Crippen LogP contribution in [0.4, 0.5) is 5.69 Å². The summed E-state index contributed by atoms with van der Waals surface area (Å²) in [6, 6.07) is 20.1. The van der Waals surface area contributed by atoms with Crippen molar-refractivity contribution < 1.29 is 9.21 Å². The number of amides is 1. The molecule has 0 atom stereocenters. The smallest absolute Gasteiger partial charge is 0.255 e. The largest absolute Gasteiger partial charge is 0.436 e. The van der Waals surface area contributed by atoms with Crippen molar-refractivity contribution in [2.24, 2.45) is 0 Å². The van der Waals surface area contributed by atoms with Crippen LogP contribution in [0, 0.1) is 6.92 Å². The standard InChI is InChI=1S/C21H15ClN2O2/c1-13-5-7-14(8-6-13)20(25)23-17-9-10-19-18(12-17)24-21(26-19)15-3-2-4-16(22)11-15/h2-12H,1H3,(H,23,25). The van der Waals surface area contributed by atoms with Gasteiger partial charge in [0.25, 0.3) is 5.91 Å². The molecule has 1 heterocycles. The Morgan fingerprint density at radius 1 is 1.04 bits per heavy atom. The zero-order chi connectivity index (χ0) is 18.1. The summed E-state index contributed by atoms with van der Waals surface area (Å²) >= 11 is 6.03. The Balaban J connectivity index is 1.61. The molecule has 0 saturated heterocycles. The summed E-state index contributed by atoms with van der Waals surface area (Å²) in [5, 5.41) is 3.51. The predicted molar refractivity (Wildman–Crippen MR) is 104 cm³/mol. The average Bonchev–Trinajstić information content (AvgIpc) is 3.05. The van der Waals surface area contributed by atoms with Gasteiger partial charge in [-0.3, -0.25) is 4.79 Å². The van der Waals surface area contributed by atoms with E-state index in [-0.39, 0.29) is 5.91 Å². The Kier molecular flexibility index (Phi) is 4.19. The molecule has 4 aromatic rings. The molecule has 4 rings (SSSR count). The lowest BCUT2D eigenvalue weighted by Crippen LogP contribution is -2.11. The normalized spacial score (nSPS) is 10.8. The Morgan fingerprint density at radius 2 is 1.85 bits per heavy atom. The fourth-order valence-corrected chi connectivity index (χ4v) is 2.85. The molecule has 26 heavy (non-hydrogen) atoms. The van der Waals surface area contributed by atoms with Crippen LogP contribution in [0.15, 0.2) is 71.1 Å². The predicted octanol–water partition coefficient (Wildman–Crippen LogP) is 5.71. The number of aryl methyl sites for hydroxylation is 1. The molecule has 0 saturated carbocycles. The van der Waals surface area contributed by atoms with Gasteiger partial charge in [0, 0.05) is 21.8 Å². The van der Waals surface area contributed by atoms with E-state index >= 15 is 0 Å². The Bertz CT molecular complexity index is 1100. The minimum absolute atomic E-state index is 0.164. The molecule has 5 heteroatoms. The molecule has 0 radical (unpaired) electrons. The highest BCUT2D eigenvalue weighted by Gasteiger charge is 2.11. The van der Waals surface area contributed by atoms with Crippen LogP contribution in [0.1, 0.15) is 15.9 Å². The number of hydrogen-bond acceptors (Lipinski definition) is 3. The molecular weight excluding hydrogens is 348 g/mol. The number of carbonyl (C=O) groups is 1. The van der Waals surface area contributed by atoms with E-state index in [4.69, 9.17) is 16.0 Å². The average molecular weight is 363 g/mol. The molecule has 0 aliphatic carbocycles. The highest BCUT2D eigenvalue weighted by Crippen LogP contribution is 2.27. The van der Waals surface area contributed by atoms with Crippen LogP contribution in [0.25, 0.3) is 22.6 Å². The van der Waals surface area contributed by atoms with E-state index < -0.39 is 0 Å². The zero-order valence-electron chi connectivity index (χ0n) is 14.0. The van der Waals surface area contributed by atoms with Crippen molar-refractivity contribution >= 4 is 34.3 Å². The van der Waals surface area contributed by atoms with Crippen molar-refractivity contribution in [3.63, 3.8) is 0 Å². The number of benzene rings is 3. The monoisotopic (exact) mass is 362 g/mol. The van der Waals surface area contributed by atoms with Gasteiger partial charge in [0.1, 0.15) is 5.52 Å². The third-order valence-corrected chi connectivity index (χ3v) is 4.27. The summed E-state index contributed by atoms with van der Waals surface area (Å²) in [7, 11) is 0. The van der Waals surface area contributed by atoms with Crippen LogP contribution < -0.4 is 5.32 Å². The first-order valence-corrected chi connectivity index (χ1v) is 8.51. The number of rotatable bonds is 3. The van der Waals surface area contributed by atoms with Crippen molar-refractivity contribution in [3.8, 4) is 11.5 Å². The third-order valence-electron chi connectivity index (χ3n) is 4.03. The number of oxazole rings is 1. The minimum atomic E-state index is -0.164. The van der Waals surface area contributed by atoms with Crippen LogP contribution in [-0.2, 0) is 0 Å². The summed E-state index contributed by atoms with van der Waals surface area (Å²) in [6.45, 7) is 1.98. The van der Waals surface area contributed by atoms with Gasteiger partial charge < -0.3 is 9.73 Å². The summed E-state index contributed by atoms with van der Waals surface area (Å²) in [5.74, 6) is 0.326. The molecule has 3 aromatic carbocycles. The maximum atomic E-state index is 12.4. The van der Waals surface area contributed by atoms with Crippen molar-refractivity contribution in [3.05, 3.63) is 82.9 Å². The molecular formula is C21H15ClN2O2. The first-order valence-electron chi connectivity index (χ1n) is 8.13. The quantitative estimate of drug-likeness (QED) is 0.508. The lowest BCUT2D eigenvalue weighted by atomic mass is 10.1. The molecule has 0 aliphatic rings. The van der Waals surface area contributed by atoms with Gasteiger partial charge in [-0.05, 0) is 55.5 Å². The summed E-state index contributed by atoms with van der Waals surface area (Å²) in [6.07, 6.45) is 0. The SMILES string of the molecule is Cc1ccc(C(=O)Nc2ccc3oc(-c4cccc(Cl)c4)nc3c2)cc1. The number of fused-ring (bicyclic) bond motifs is 1. The van der Waals surface area contributed by atoms with Crippen LogP contribution in [0.2, 0.25) is 5.02 Å². The number of anilines is 1. The number of halogens is 1. The van der Waals surface area contributed by atoms with Crippen LogP contribution in [0.5, 0.6) is 0 Å². The number of nitrogens with one attached hydrogen (secondary N) is 1. The van der Waals surface area contributed by atoms with Gasteiger partial charge >= 0.3 is 0 Å². The summed E-state index contributed by atoms with van der Waals surface area (Å²) in [4.78, 5) is 16.9. The lowest BCUT2D eigenvalue weighted by molar-refractivity contribution is 0.102. The maximum Gasteiger partial charge on any atom is 0.255 e. The fraction of sp³-hybridized carbons (Fsp3) is 0.0476. The van der Waals surface area contributed by atoms with Crippen molar-refractivity contribution in [2.75, 3.05) is 5.32 Å². The molecule has 128 valence electrons. The Labute approximate surface area is 155 Å². The van der Waals surface area contributed by atoms with Crippen LogP contribution >= 0.6 is 11.6 Å². The topological polar surface area (TPSA) is 55.1 Å². The molecule has 1 aromatic heterocycles. The van der Waals surface area contributed by atoms with Crippen LogP contribution in [-0.4, -0.2) is 10.9 Å². The van der Waals surface area contributed by atoms with Crippen molar-refractivity contribution in [2.45, 2.75) is 6.92 Å². The molecule has 0 fully saturated rings. The van der Waals surface area contributed by atoms with E-state index in [1.807, 2.05) is 31.2 Å². The third kappa shape index (κ3) is 3.32. The second kappa shape index (κ2) is 6.65. The highest BCUT2D eigenvalue weighted by atomic mass is 35.5. The van der Waals surface area contributed by atoms with Gasteiger partial charge in [0.05, 0.1) is 0 Å². The minimum Gasteiger partial charge on any atom is -0.436 e. The van der Waals surface area contributed by atoms with E-state index in [1.54, 1.807) is 42.5 Å².